The predicted molar refractivity (Wildman–Crippen MR) is 114 cm³/mol. The number of hydrogen-bond donors (Lipinski definition) is 2. The SMILES string of the molecule is NC(=O)c1sc(C2CC3(CCNC3)C2)nc1-c1ccc(Oc2ccccc2)cc1. The normalized spacial score (nSPS) is 23.1. The van der Waals surface area contributed by atoms with Gasteiger partial charge in [-0.05, 0) is 67.6 Å². The van der Waals surface area contributed by atoms with Gasteiger partial charge in [0.25, 0.3) is 5.91 Å². The zero-order chi connectivity index (χ0) is 19.8. The molecule has 1 saturated heterocycles. The molecule has 2 aromatic carbocycles. The number of nitrogens with two attached hydrogens (primary N) is 1. The summed E-state index contributed by atoms with van der Waals surface area (Å²) >= 11 is 1.46. The van der Waals surface area contributed by atoms with E-state index in [9.17, 15) is 4.79 Å². The van der Waals surface area contributed by atoms with Crippen molar-refractivity contribution in [2.75, 3.05) is 13.1 Å². The van der Waals surface area contributed by atoms with E-state index >= 15 is 0 Å². The second-order valence-electron chi connectivity index (χ2n) is 8.07. The Labute approximate surface area is 173 Å². The van der Waals surface area contributed by atoms with Crippen molar-refractivity contribution < 1.29 is 9.53 Å². The molecule has 0 atom stereocenters. The average molecular weight is 406 g/mol. The van der Waals surface area contributed by atoms with Crippen LogP contribution in [0.3, 0.4) is 0 Å². The van der Waals surface area contributed by atoms with Crippen LogP contribution in [0.15, 0.2) is 54.6 Å². The standard InChI is InChI=1S/C23H23N3O2S/c24-21(27)20-19(26-22(29-20)16-12-23(13-16)10-11-25-14-23)15-6-8-18(9-7-15)28-17-4-2-1-3-5-17/h1-9,16,25H,10-14H2,(H2,24,27). The van der Waals surface area contributed by atoms with E-state index in [1.807, 2.05) is 54.6 Å². The number of amides is 1. The van der Waals surface area contributed by atoms with Crippen LogP contribution in [0, 0.1) is 5.41 Å². The molecule has 5 rings (SSSR count). The molecule has 2 fully saturated rings. The van der Waals surface area contributed by atoms with Crippen LogP contribution < -0.4 is 15.8 Å². The van der Waals surface area contributed by atoms with E-state index in [0.29, 0.717) is 21.9 Å². The third kappa shape index (κ3) is 3.54. The van der Waals surface area contributed by atoms with E-state index in [1.54, 1.807) is 0 Å². The number of nitrogens with one attached hydrogen (secondary N) is 1. The van der Waals surface area contributed by atoms with Gasteiger partial charge in [0.05, 0.1) is 10.7 Å². The molecule has 0 bridgehead atoms. The Balaban J connectivity index is 1.37. The fourth-order valence-corrected chi connectivity index (χ4v) is 5.52. The first-order valence-electron chi connectivity index (χ1n) is 9.97. The number of para-hydroxylation sites is 1. The fourth-order valence-electron chi connectivity index (χ4n) is 4.48. The average Bonchev–Trinajstić information content (AvgIpc) is 3.36. The molecule has 1 spiro atoms. The Bertz CT molecular complexity index is 1020. The molecule has 0 radical (unpaired) electrons. The maximum Gasteiger partial charge on any atom is 0.261 e. The number of nitrogens with zero attached hydrogens (tertiary/aromatic N) is 1. The summed E-state index contributed by atoms with van der Waals surface area (Å²) in [6.45, 7) is 2.22. The lowest BCUT2D eigenvalue weighted by molar-refractivity contribution is 0.100. The topological polar surface area (TPSA) is 77.2 Å². The highest BCUT2D eigenvalue weighted by atomic mass is 32.1. The van der Waals surface area contributed by atoms with Crippen LogP contribution in [0.4, 0.5) is 0 Å². The molecule has 5 nitrogen and oxygen atoms in total. The summed E-state index contributed by atoms with van der Waals surface area (Å²) in [4.78, 5) is 17.4. The summed E-state index contributed by atoms with van der Waals surface area (Å²) in [6, 6.07) is 17.3. The first-order valence-corrected chi connectivity index (χ1v) is 10.8. The number of rotatable bonds is 5. The van der Waals surface area contributed by atoms with Crippen molar-refractivity contribution in [3.8, 4) is 22.8 Å². The van der Waals surface area contributed by atoms with Crippen LogP contribution in [-0.2, 0) is 0 Å². The summed E-state index contributed by atoms with van der Waals surface area (Å²) in [7, 11) is 0. The Hall–Kier alpha value is -2.70. The van der Waals surface area contributed by atoms with E-state index in [0.717, 1.165) is 48.0 Å². The van der Waals surface area contributed by atoms with E-state index in [4.69, 9.17) is 15.5 Å². The largest absolute Gasteiger partial charge is 0.457 e. The highest BCUT2D eigenvalue weighted by Gasteiger charge is 2.47. The molecule has 148 valence electrons. The number of hydrogen-bond acceptors (Lipinski definition) is 5. The lowest BCUT2D eigenvalue weighted by Gasteiger charge is -2.44. The Kier molecular flexibility index (Phi) is 4.60. The summed E-state index contributed by atoms with van der Waals surface area (Å²) < 4.78 is 5.86. The third-order valence-corrected chi connectivity index (χ3v) is 7.25. The second-order valence-corrected chi connectivity index (χ2v) is 9.10. The molecule has 2 aliphatic rings. The number of ether oxygens (including phenoxy) is 1. The van der Waals surface area contributed by atoms with Gasteiger partial charge in [-0.1, -0.05) is 18.2 Å². The Morgan fingerprint density at radius 3 is 2.48 bits per heavy atom. The molecule has 3 N–H and O–H groups in total. The molecule has 1 saturated carbocycles. The maximum absolute atomic E-state index is 12.1. The van der Waals surface area contributed by atoms with Crippen LogP contribution in [-0.4, -0.2) is 24.0 Å². The van der Waals surface area contributed by atoms with Gasteiger partial charge in [0, 0.05) is 18.0 Å². The molecule has 29 heavy (non-hydrogen) atoms. The van der Waals surface area contributed by atoms with Gasteiger partial charge in [0.1, 0.15) is 16.4 Å². The van der Waals surface area contributed by atoms with Gasteiger partial charge in [-0.2, -0.15) is 0 Å². The van der Waals surface area contributed by atoms with Crippen molar-refractivity contribution in [3.05, 3.63) is 64.5 Å². The summed E-state index contributed by atoms with van der Waals surface area (Å²) in [5.41, 5.74) is 7.69. The fraction of sp³-hybridized carbons (Fsp3) is 0.304. The summed E-state index contributed by atoms with van der Waals surface area (Å²) in [5, 5.41) is 4.51. The minimum atomic E-state index is -0.412. The predicted octanol–water partition coefficient (Wildman–Crippen LogP) is 4.56. The minimum Gasteiger partial charge on any atom is -0.457 e. The van der Waals surface area contributed by atoms with Crippen molar-refractivity contribution in [2.45, 2.75) is 25.2 Å². The highest BCUT2D eigenvalue weighted by molar-refractivity contribution is 7.14. The molecule has 1 aromatic heterocycles. The number of thiazole rings is 1. The number of carbonyl (C=O) groups excluding carboxylic acids is 1. The Morgan fingerprint density at radius 1 is 1.10 bits per heavy atom. The van der Waals surface area contributed by atoms with Gasteiger partial charge >= 0.3 is 0 Å². The summed E-state index contributed by atoms with van der Waals surface area (Å²) in [5.74, 6) is 1.55. The lowest BCUT2D eigenvalue weighted by Crippen LogP contribution is -2.37. The molecule has 3 aromatic rings. The molecule has 0 unspecified atom stereocenters. The van der Waals surface area contributed by atoms with Crippen LogP contribution in [0.1, 0.15) is 39.9 Å². The molecule has 1 amide bonds. The zero-order valence-corrected chi connectivity index (χ0v) is 16.9. The van der Waals surface area contributed by atoms with Crippen molar-refractivity contribution in [3.63, 3.8) is 0 Å². The highest BCUT2D eigenvalue weighted by Crippen LogP contribution is 2.55. The van der Waals surface area contributed by atoms with Gasteiger partial charge in [-0.3, -0.25) is 4.79 Å². The van der Waals surface area contributed by atoms with E-state index in [-0.39, 0.29) is 0 Å². The molecule has 1 aliphatic carbocycles. The molecular formula is C23H23N3O2S. The van der Waals surface area contributed by atoms with Crippen LogP contribution in [0.25, 0.3) is 11.3 Å². The van der Waals surface area contributed by atoms with Crippen molar-refractivity contribution in [2.24, 2.45) is 11.1 Å². The number of carbonyl (C=O) groups is 1. The minimum absolute atomic E-state index is 0.412. The summed E-state index contributed by atoms with van der Waals surface area (Å²) in [6.07, 6.45) is 3.54. The molecule has 6 heteroatoms. The lowest BCUT2D eigenvalue weighted by atomic mass is 9.62. The number of benzene rings is 2. The van der Waals surface area contributed by atoms with Gasteiger partial charge in [-0.15, -0.1) is 11.3 Å². The monoisotopic (exact) mass is 405 g/mol. The first kappa shape index (κ1) is 18.3. The van der Waals surface area contributed by atoms with Gasteiger partial charge in [0.2, 0.25) is 0 Å². The van der Waals surface area contributed by atoms with Gasteiger partial charge < -0.3 is 15.8 Å². The molecule has 2 heterocycles. The quantitative estimate of drug-likeness (QED) is 0.652. The van der Waals surface area contributed by atoms with E-state index < -0.39 is 5.91 Å². The van der Waals surface area contributed by atoms with Crippen molar-refractivity contribution in [1.29, 1.82) is 0 Å². The molecular weight excluding hydrogens is 382 g/mol. The second kappa shape index (κ2) is 7.28. The zero-order valence-electron chi connectivity index (χ0n) is 16.1. The molecule has 1 aliphatic heterocycles. The van der Waals surface area contributed by atoms with E-state index in [1.165, 1.54) is 17.8 Å². The van der Waals surface area contributed by atoms with E-state index in [2.05, 4.69) is 5.32 Å². The first-order chi connectivity index (χ1) is 14.1. The van der Waals surface area contributed by atoms with Crippen molar-refractivity contribution in [1.82, 2.24) is 10.3 Å². The van der Waals surface area contributed by atoms with Gasteiger partial charge in [0.15, 0.2) is 0 Å². The Morgan fingerprint density at radius 2 is 1.83 bits per heavy atom. The third-order valence-electron chi connectivity index (χ3n) is 6.01. The van der Waals surface area contributed by atoms with Crippen molar-refractivity contribution >= 4 is 17.2 Å². The number of primary amides is 1. The van der Waals surface area contributed by atoms with Gasteiger partial charge in [-0.25, -0.2) is 4.98 Å². The number of aromatic nitrogens is 1. The van der Waals surface area contributed by atoms with Crippen LogP contribution in [0.5, 0.6) is 11.5 Å². The van der Waals surface area contributed by atoms with Crippen LogP contribution >= 0.6 is 11.3 Å². The van der Waals surface area contributed by atoms with Crippen LogP contribution in [0.2, 0.25) is 0 Å². The smallest absolute Gasteiger partial charge is 0.261 e. The maximum atomic E-state index is 12.1.